The zero-order chi connectivity index (χ0) is 24.5. The van der Waals surface area contributed by atoms with Crippen LogP contribution in [0.5, 0.6) is 11.5 Å². The van der Waals surface area contributed by atoms with Gasteiger partial charge in [0.2, 0.25) is 0 Å². The first-order chi connectivity index (χ1) is 16.4. The van der Waals surface area contributed by atoms with E-state index in [0.29, 0.717) is 17.1 Å². The summed E-state index contributed by atoms with van der Waals surface area (Å²) in [7, 11) is 2.97. The van der Waals surface area contributed by atoms with E-state index in [1.54, 1.807) is 36.4 Å². The van der Waals surface area contributed by atoms with Crippen LogP contribution in [-0.4, -0.2) is 44.5 Å². The van der Waals surface area contributed by atoms with E-state index in [-0.39, 0.29) is 17.8 Å². The van der Waals surface area contributed by atoms with Crippen molar-refractivity contribution >= 4 is 33.6 Å². The highest BCUT2D eigenvalue weighted by atomic mass is 79.9. The van der Waals surface area contributed by atoms with Gasteiger partial charge in [0.05, 0.1) is 14.2 Å². The number of esters is 1. The lowest BCUT2D eigenvalue weighted by Gasteiger charge is -2.18. The lowest BCUT2D eigenvalue weighted by atomic mass is 10.1. The standard InChI is InChI=1S/C26H24BrNO6/c1-32-23-13-10-19(15-24(23)33-2)25(30)28-21(14-17-6-4-3-5-7-17)26(31)34-16-22(29)18-8-11-20(27)12-9-18/h3-13,15,21H,14,16H2,1-2H3,(H,28,30)/t21-/m0/s1. The van der Waals surface area contributed by atoms with Crippen LogP contribution in [0.25, 0.3) is 0 Å². The maximum atomic E-state index is 12.9. The van der Waals surface area contributed by atoms with E-state index in [2.05, 4.69) is 21.2 Å². The van der Waals surface area contributed by atoms with E-state index in [1.807, 2.05) is 30.3 Å². The van der Waals surface area contributed by atoms with Gasteiger partial charge in [-0.2, -0.15) is 0 Å². The zero-order valence-corrected chi connectivity index (χ0v) is 20.3. The van der Waals surface area contributed by atoms with Crippen molar-refractivity contribution in [3.05, 3.63) is 94.0 Å². The van der Waals surface area contributed by atoms with Crippen molar-refractivity contribution in [1.29, 1.82) is 0 Å². The molecule has 8 heteroatoms. The second-order valence-corrected chi connectivity index (χ2v) is 8.24. The van der Waals surface area contributed by atoms with Gasteiger partial charge < -0.3 is 19.5 Å². The molecule has 0 aromatic heterocycles. The van der Waals surface area contributed by atoms with Crippen LogP contribution >= 0.6 is 15.9 Å². The number of amides is 1. The number of ether oxygens (including phenoxy) is 3. The molecule has 3 aromatic carbocycles. The summed E-state index contributed by atoms with van der Waals surface area (Å²) in [5, 5.41) is 2.71. The summed E-state index contributed by atoms with van der Waals surface area (Å²) in [6, 6.07) is 19.7. The van der Waals surface area contributed by atoms with Crippen LogP contribution < -0.4 is 14.8 Å². The van der Waals surface area contributed by atoms with E-state index in [4.69, 9.17) is 14.2 Å². The summed E-state index contributed by atoms with van der Waals surface area (Å²) in [5.74, 6) is -0.671. The number of carbonyl (C=O) groups excluding carboxylic acids is 3. The van der Waals surface area contributed by atoms with Gasteiger partial charge in [-0.1, -0.05) is 58.4 Å². The Morgan fingerprint density at radius 1 is 0.853 bits per heavy atom. The maximum absolute atomic E-state index is 12.9. The van der Waals surface area contributed by atoms with Crippen LogP contribution in [0.4, 0.5) is 0 Å². The summed E-state index contributed by atoms with van der Waals surface area (Å²) < 4.78 is 16.6. The van der Waals surface area contributed by atoms with Gasteiger partial charge in [0, 0.05) is 22.0 Å². The number of carbonyl (C=O) groups is 3. The highest BCUT2D eigenvalue weighted by molar-refractivity contribution is 9.10. The van der Waals surface area contributed by atoms with Gasteiger partial charge in [-0.15, -0.1) is 0 Å². The molecule has 0 fully saturated rings. The van der Waals surface area contributed by atoms with Gasteiger partial charge in [-0.3, -0.25) is 9.59 Å². The summed E-state index contributed by atoms with van der Waals surface area (Å²) in [4.78, 5) is 38.2. The summed E-state index contributed by atoms with van der Waals surface area (Å²) in [6.45, 7) is -0.433. The molecular formula is C26H24BrNO6. The normalized spacial score (nSPS) is 11.3. The largest absolute Gasteiger partial charge is 0.493 e. The molecule has 0 saturated heterocycles. The number of Topliss-reactive ketones (excluding diaryl/α,β-unsaturated/α-hetero) is 1. The van der Waals surface area contributed by atoms with Gasteiger partial charge >= 0.3 is 5.97 Å². The Morgan fingerprint density at radius 2 is 1.50 bits per heavy atom. The lowest BCUT2D eigenvalue weighted by molar-refractivity contribution is -0.144. The van der Waals surface area contributed by atoms with Gasteiger partial charge in [0.15, 0.2) is 23.9 Å². The summed E-state index contributed by atoms with van der Waals surface area (Å²) in [5.41, 5.74) is 1.54. The van der Waals surface area contributed by atoms with Crippen LogP contribution in [0.2, 0.25) is 0 Å². The number of halogens is 1. The third-order valence-corrected chi connectivity index (χ3v) is 5.56. The first kappa shape index (κ1) is 25.0. The Labute approximate surface area is 206 Å². The fraction of sp³-hybridized carbons (Fsp3) is 0.192. The molecule has 176 valence electrons. The topological polar surface area (TPSA) is 90.9 Å². The van der Waals surface area contributed by atoms with Crippen molar-refractivity contribution in [2.45, 2.75) is 12.5 Å². The predicted octanol–water partition coefficient (Wildman–Crippen LogP) is 4.23. The van der Waals surface area contributed by atoms with Crippen LogP contribution in [0.15, 0.2) is 77.3 Å². The van der Waals surface area contributed by atoms with Gasteiger partial charge in [-0.25, -0.2) is 4.79 Å². The molecule has 1 amide bonds. The number of nitrogens with one attached hydrogen (secondary N) is 1. The van der Waals surface area contributed by atoms with Crippen LogP contribution in [0.1, 0.15) is 26.3 Å². The number of benzene rings is 3. The Balaban J connectivity index is 1.73. The molecule has 1 N–H and O–H groups in total. The number of ketones is 1. The van der Waals surface area contributed by atoms with Gasteiger partial charge in [0.1, 0.15) is 6.04 Å². The highest BCUT2D eigenvalue weighted by Gasteiger charge is 2.25. The van der Waals surface area contributed by atoms with Crippen molar-refractivity contribution in [2.75, 3.05) is 20.8 Å². The first-order valence-corrected chi connectivity index (χ1v) is 11.2. The number of hydrogen-bond acceptors (Lipinski definition) is 6. The average Bonchev–Trinajstić information content (AvgIpc) is 2.87. The second-order valence-electron chi connectivity index (χ2n) is 7.32. The fourth-order valence-corrected chi connectivity index (χ4v) is 3.48. The van der Waals surface area contributed by atoms with Gasteiger partial charge in [0.25, 0.3) is 5.91 Å². The predicted molar refractivity (Wildman–Crippen MR) is 130 cm³/mol. The van der Waals surface area contributed by atoms with E-state index in [0.717, 1.165) is 10.0 Å². The molecule has 34 heavy (non-hydrogen) atoms. The van der Waals surface area contributed by atoms with Crippen molar-refractivity contribution in [1.82, 2.24) is 5.32 Å². The zero-order valence-electron chi connectivity index (χ0n) is 18.7. The Bertz CT molecular complexity index is 1150. The molecule has 0 radical (unpaired) electrons. The average molecular weight is 526 g/mol. The minimum atomic E-state index is -0.999. The molecule has 0 aliphatic rings. The summed E-state index contributed by atoms with van der Waals surface area (Å²) >= 11 is 3.31. The first-order valence-electron chi connectivity index (χ1n) is 10.4. The van der Waals surface area contributed by atoms with Crippen LogP contribution in [0.3, 0.4) is 0 Å². The molecule has 1 atom stereocenters. The number of methoxy groups -OCH3 is 2. The van der Waals surface area contributed by atoms with E-state index >= 15 is 0 Å². The molecule has 3 rings (SSSR count). The Morgan fingerprint density at radius 3 is 2.15 bits per heavy atom. The van der Waals surface area contributed by atoms with Crippen molar-refractivity contribution in [3.63, 3.8) is 0 Å². The second kappa shape index (κ2) is 12.0. The molecule has 0 saturated carbocycles. The fourth-order valence-electron chi connectivity index (χ4n) is 3.22. The van der Waals surface area contributed by atoms with Crippen molar-refractivity contribution in [2.24, 2.45) is 0 Å². The van der Waals surface area contributed by atoms with Crippen LogP contribution in [-0.2, 0) is 16.0 Å². The molecule has 7 nitrogen and oxygen atoms in total. The van der Waals surface area contributed by atoms with E-state index < -0.39 is 24.5 Å². The molecule has 0 bridgehead atoms. The number of rotatable bonds is 10. The minimum absolute atomic E-state index is 0.200. The molecule has 0 aliphatic heterocycles. The van der Waals surface area contributed by atoms with E-state index in [9.17, 15) is 14.4 Å². The van der Waals surface area contributed by atoms with Gasteiger partial charge in [-0.05, 0) is 35.9 Å². The smallest absolute Gasteiger partial charge is 0.329 e. The Hall–Kier alpha value is -3.65. The Kier molecular flexibility index (Phi) is 8.81. The SMILES string of the molecule is COc1ccc(C(=O)N[C@@H](Cc2ccccc2)C(=O)OCC(=O)c2ccc(Br)cc2)cc1OC. The quantitative estimate of drug-likeness (QED) is 0.314. The minimum Gasteiger partial charge on any atom is -0.493 e. The molecule has 3 aromatic rings. The highest BCUT2D eigenvalue weighted by Crippen LogP contribution is 2.27. The molecule has 0 heterocycles. The maximum Gasteiger partial charge on any atom is 0.329 e. The molecule has 0 unspecified atom stereocenters. The lowest BCUT2D eigenvalue weighted by Crippen LogP contribution is -2.43. The number of hydrogen-bond donors (Lipinski definition) is 1. The van der Waals surface area contributed by atoms with E-state index in [1.165, 1.54) is 20.3 Å². The van der Waals surface area contributed by atoms with Crippen molar-refractivity contribution < 1.29 is 28.6 Å². The molecule has 0 spiro atoms. The molecular weight excluding hydrogens is 502 g/mol. The van der Waals surface area contributed by atoms with Crippen molar-refractivity contribution in [3.8, 4) is 11.5 Å². The third-order valence-electron chi connectivity index (χ3n) is 5.03. The monoisotopic (exact) mass is 525 g/mol. The van der Waals surface area contributed by atoms with Crippen LogP contribution in [0, 0.1) is 0 Å². The summed E-state index contributed by atoms with van der Waals surface area (Å²) in [6.07, 6.45) is 0.200. The third kappa shape index (κ3) is 6.68. The molecule has 0 aliphatic carbocycles.